The summed E-state index contributed by atoms with van der Waals surface area (Å²) in [6.07, 6.45) is 2.89. The van der Waals surface area contributed by atoms with E-state index in [2.05, 4.69) is 5.32 Å². The van der Waals surface area contributed by atoms with Gasteiger partial charge in [0.25, 0.3) is 0 Å². The summed E-state index contributed by atoms with van der Waals surface area (Å²) in [5.41, 5.74) is 0. The SMILES string of the molecule is COCCCN(CC(=O)NC1CC1)C(C)=O. The van der Waals surface area contributed by atoms with Crippen molar-refractivity contribution in [1.82, 2.24) is 10.2 Å². The molecule has 1 aliphatic carbocycles. The molecule has 0 radical (unpaired) electrons. The van der Waals surface area contributed by atoms with E-state index in [0.717, 1.165) is 19.3 Å². The maximum absolute atomic E-state index is 11.5. The maximum Gasteiger partial charge on any atom is 0.239 e. The lowest BCUT2D eigenvalue weighted by Gasteiger charge is -2.20. The summed E-state index contributed by atoms with van der Waals surface area (Å²) in [6, 6.07) is 0.347. The van der Waals surface area contributed by atoms with Gasteiger partial charge in [-0.3, -0.25) is 9.59 Å². The van der Waals surface area contributed by atoms with Crippen LogP contribution in [0.5, 0.6) is 0 Å². The number of hydrogen-bond acceptors (Lipinski definition) is 3. The van der Waals surface area contributed by atoms with E-state index in [1.165, 1.54) is 6.92 Å². The molecule has 0 spiro atoms. The lowest BCUT2D eigenvalue weighted by molar-refractivity contribution is -0.134. The zero-order chi connectivity index (χ0) is 12.0. The van der Waals surface area contributed by atoms with E-state index in [9.17, 15) is 9.59 Å². The van der Waals surface area contributed by atoms with E-state index in [4.69, 9.17) is 4.74 Å². The van der Waals surface area contributed by atoms with Gasteiger partial charge in [-0.25, -0.2) is 0 Å². The highest BCUT2D eigenvalue weighted by Gasteiger charge is 2.24. The van der Waals surface area contributed by atoms with Crippen LogP contribution in [0, 0.1) is 0 Å². The van der Waals surface area contributed by atoms with Gasteiger partial charge >= 0.3 is 0 Å². The van der Waals surface area contributed by atoms with Crippen LogP contribution in [0.25, 0.3) is 0 Å². The lowest BCUT2D eigenvalue weighted by Crippen LogP contribution is -2.41. The molecular weight excluding hydrogens is 208 g/mol. The van der Waals surface area contributed by atoms with Crippen molar-refractivity contribution in [2.75, 3.05) is 26.8 Å². The zero-order valence-electron chi connectivity index (χ0n) is 9.99. The molecule has 1 saturated carbocycles. The molecule has 0 aromatic carbocycles. The highest BCUT2D eigenvalue weighted by Crippen LogP contribution is 2.18. The third-order valence-corrected chi connectivity index (χ3v) is 2.50. The third-order valence-electron chi connectivity index (χ3n) is 2.50. The van der Waals surface area contributed by atoms with Crippen molar-refractivity contribution >= 4 is 11.8 Å². The average molecular weight is 228 g/mol. The number of nitrogens with zero attached hydrogens (tertiary/aromatic N) is 1. The lowest BCUT2D eigenvalue weighted by atomic mass is 10.3. The minimum absolute atomic E-state index is 0.0601. The second kappa shape index (κ2) is 6.48. The van der Waals surface area contributed by atoms with Crippen molar-refractivity contribution in [3.63, 3.8) is 0 Å². The summed E-state index contributed by atoms with van der Waals surface area (Å²) < 4.78 is 4.91. The van der Waals surface area contributed by atoms with Gasteiger partial charge in [0, 0.05) is 33.2 Å². The summed E-state index contributed by atoms with van der Waals surface area (Å²) in [7, 11) is 1.62. The van der Waals surface area contributed by atoms with Gasteiger partial charge in [0.1, 0.15) is 0 Å². The minimum atomic E-state index is -0.0675. The quantitative estimate of drug-likeness (QED) is 0.631. The van der Waals surface area contributed by atoms with E-state index in [-0.39, 0.29) is 18.4 Å². The Morgan fingerprint density at radius 2 is 2.12 bits per heavy atom. The number of nitrogens with one attached hydrogen (secondary N) is 1. The number of amides is 2. The fourth-order valence-electron chi connectivity index (χ4n) is 1.42. The van der Waals surface area contributed by atoms with Crippen LogP contribution >= 0.6 is 0 Å². The number of ether oxygens (including phenoxy) is 1. The van der Waals surface area contributed by atoms with Crippen molar-refractivity contribution in [2.24, 2.45) is 0 Å². The molecule has 0 heterocycles. The van der Waals surface area contributed by atoms with Crippen molar-refractivity contribution in [3.8, 4) is 0 Å². The standard InChI is InChI=1S/C11H20N2O3/c1-9(14)13(6-3-7-16-2)8-11(15)12-10-4-5-10/h10H,3-8H2,1-2H3,(H,12,15). The smallest absolute Gasteiger partial charge is 0.239 e. The van der Waals surface area contributed by atoms with Crippen LogP contribution in [0.3, 0.4) is 0 Å². The first-order chi connectivity index (χ1) is 7.63. The van der Waals surface area contributed by atoms with Gasteiger partial charge in [-0.1, -0.05) is 0 Å². The molecule has 0 aliphatic heterocycles. The third kappa shape index (κ3) is 5.11. The Morgan fingerprint density at radius 3 is 2.62 bits per heavy atom. The molecule has 0 aromatic rings. The summed E-state index contributed by atoms with van der Waals surface area (Å²) in [5, 5.41) is 2.87. The van der Waals surface area contributed by atoms with Crippen molar-refractivity contribution in [1.29, 1.82) is 0 Å². The second-order valence-electron chi connectivity index (χ2n) is 4.13. The largest absolute Gasteiger partial charge is 0.385 e. The topological polar surface area (TPSA) is 58.6 Å². The molecule has 1 aliphatic rings. The minimum Gasteiger partial charge on any atom is -0.385 e. The summed E-state index contributed by atoms with van der Waals surface area (Å²) >= 11 is 0. The van der Waals surface area contributed by atoms with Crippen LogP contribution in [-0.2, 0) is 14.3 Å². The normalized spacial score (nSPS) is 14.6. The molecule has 5 nitrogen and oxygen atoms in total. The number of methoxy groups -OCH3 is 1. The van der Waals surface area contributed by atoms with Crippen molar-refractivity contribution in [2.45, 2.75) is 32.2 Å². The monoisotopic (exact) mass is 228 g/mol. The van der Waals surface area contributed by atoms with Crippen molar-refractivity contribution in [3.05, 3.63) is 0 Å². The first-order valence-corrected chi connectivity index (χ1v) is 5.67. The van der Waals surface area contributed by atoms with Gasteiger partial charge in [0.15, 0.2) is 0 Å². The molecule has 1 N–H and O–H groups in total. The van der Waals surface area contributed by atoms with Crippen LogP contribution in [0.4, 0.5) is 0 Å². The molecule has 1 fully saturated rings. The van der Waals surface area contributed by atoms with E-state index in [1.54, 1.807) is 12.0 Å². The maximum atomic E-state index is 11.5. The Labute approximate surface area is 96.1 Å². The van der Waals surface area contributed by atoms with Crippen LogP contribution < -0.4 is 5.32 Å². The summed E-state index contributed by atoms with van der Waals surface area (Å²) in [5.74, 6) is -0.128. The van der Waals surface area contributed by atoms with E-state index >= 15 is 0 Å². The van der Waals surface area contributed by atoms with Crippen LogP contribution in [-0.4, -0.2) is 49.6 Å². The summed E-state index contributed by atoms with van der Waals surface area (Å²) in [6.45, 7) is 2.82. The average Bonchev–Trinajstić information content (AvgIpc) is 3.00. The Bertz CT molecular complexity index is 252. The molecule has 16 heavy (non-hydrogen) atoms. The molecule has 92 valence electrons. The van der Waals surface area contributed by atoms with Gasteiger partial charge in [0.05, 0.1) is 6.54 Å². The number of hydrogen-bond donors (Lipinski definition) is 1. The molecule has 5 heteroatoms. The molecule has 0 bridgehead atoms. The number of carbonyl (C=O) groups excluding carboxylic acids is 2. The first-order valence-electron chi connectivity index (χ1n) is 5.67. The predicted octanol–water partition coefficient (Wildman–Crippen LogP) is 0.150. The highest BCUT2D eigenvalue weighted by molar-refractivity contribution is 5.84. The first kappa shape index (κ1) is 13.0. The molecular formula is C11H20N2O3. The Morgan fingerprint density at radius 1 is 1.44 bits per heavy atom. The van der Waals surface area contributed by atoms with E-state index < -0.39 is 0 Å². The number of carbonyl (C=O) groups is 2. The van der Waals surface area contributed by atoms with Crippen LogP contribution in [0.2, 0.25) is 0 Å². The molecule has 0 saturated heterocycles. The summed E-state index contributed by atoms with van der Waals surface area (Å²) in [4.78, 5) is 24.3. The fourth-order valence-corrected chi connectivity index (χ4v) is 1.42. The van der Waals surface area contributed by atoms with E-state index in [1.807, 2.05) is 0 Å². The molecule has 0 unspecified atom stereocenters. The van der Waals surface area contributed by atoms with Gasteiger partial charge in [-0.2, -0.15) is 0 Å². The molecule has 2 amide bonds. The van der Waals surface area contributed by atoms with Crippen LogP contribution in [0.1, 0.15) is 26.2 Å². The Hall–Kier alpha value is -1.10. The van der Waals surface area contributed by atoms with E-state index in [0.29, 0.717) is 19.2 Å². The predicted molar refractivity (Wildman–Crippen MR) is 59.9 cm³/mol. The van der Waals surface area contributed by atoms with Gasteiger partial charge < -0.3 is 15.0 Å². The molecule has 1 rings (SSSR count). The van der Waals surface area contributed by atoms with Crippen LogP contribution in [0.15, 0.2) is 0 Å². The molecule has 0 aromatic heterocycles. The second-order valence-corrected chi connectivity index (χ2v) is 4.13. The van der Waals surface area contributed by atoms with Gasteiger partial charge in [0.2, 0.25) is 11.8 Å². The zero-order valence-corrected chi connectivity index (χ0v) is 9.99. The molecule has 0 atom stereocenters. The highest BCUT2D eigenvalue weighted by atomic mass is 16.5. The fraction of sp³-hybridized carbons (Fsp3) is 0.818. The van der Waals surface area contributed by atoms with Gasteiger partial charge in [-0.05, 0) is 19.3 Å². The Balaban J connectivity index is 2.25. The number of rotatable bonds is 7. The van der Waals surface area contributed by atoms with Gasteiger partial charge in [-0.15, -0.1) is 0 Å². The van der Waals surface area contributed by atoms with Crippen molar-refractivity contribution < 1.29 is 14.3 Å². The Kier molecular flexibility index (Phi) is 5.25.